The van der Waals surface area contributed by atoms with Gasteiger partial charge in [0.1, 0.15) is 0 Å². The van der Waals surface area contributed by atoms with Crippen molar-refractivity contribution in [2.24, 2.45) is 0 Å². The van der Waals surface area contributed by atoms with Crippen molar-refractivity contribution in [1.82, 2.24) is 24.3 Å². The highest BCUT2D eigenvalue weighted by atomic mass is 15.3. The molecule has 3 aromatic heterocycles. The average Bonchev–Trinajstić information content (AvgIpc) is 3.10. The van der Waals surface area contributed by atoms with Gasteiger partial charge < -0.3 is 14.2 Å². The molecule has 3 aromatic rings. The fourth-order valence-electron chi connectivity index (χ4n) is 3.30. The van der Waals surface area contributed by atoms with Crippen molar-refractivity contribution in [3.63, 3.8) is 0 Å². The van der Waals surface area contributed by atoms with Crippen LogP contribution in [0.15, 0.2) is 37.1 Å². The molecule has 7 nitrogen and oxygen atoms in total. The molecular weight excluding hydrogens is 302 g/mol. The molecule has 1 fully saturated rings. The van der Waals surface area contributed by atoms with Gasteiger partial charge in [0.05, 0.1) is 0 Å². The molecule has 0 radical (unpaired) electrons. The Morgan fingerprint density at radius 2 is 1.96 bits per heavy atom. The zero-order valence-corrected chi connectivity index (χ0v) is 14.0. The topological polar surface area (TPSA) is 62.5 Å². The number of imidazole rings is 1. The van der Waals surface area contributed by atoms with Crippen molar-refractivity contribution in [2.45, 2.75) is 25.8 Å². The number of aromatic nitrogens is 5. The molecule has 4 rings (SSSR count). The highest BCUT2D eigenvalue weighted by Gasteiger charge is 2.26. The number of hydrogen-bond acceptors (Lipinski definition) is 6. The fourth-order valence-corrected chi connectivity index (χ4v) is 3.30. The molecule has 1 aliphatic rings. The summed E-state index contributed by atoms with van der Waals surface area (Å²) in [6.07, 6.45) is 11.6. The van der Waals surface area contributed by atoms with Crippen molar-refractivity contribution in [2.75, 3.05) is 29.9 Å². The van der Waals surface area contributed by atoms with Crippen molar-refractivity contribution >= 4 is 17.4 Å². The van der Waals surface area contributed by atoms with Crippen LogP contribution in [0.2, 0.25) is 0 Å². The predicted molar refractivity (Wildman–Crippen MR) is 93.4 cm³/mol. The molecule has 0 amide bonds. The van der Waals surface area contributed by atoms with E-state index in [0.29, 0.717) is 6.04 Å². The molecule has 0 aromatic carbocycles. The second-order valence-corrected chi connectivity index (χ2v) is 6.26. The zero-order chi connectivity index (χ0) is 16.5. The minimum atomic E-state index is 0.359. The van der Waals surface area contributed by atoms with Crippen LogP contribution in [0.3, 0.4) is 0 Å². The third kappa shape index (κ3) is 2.66. The van der Waals surface area contributed by atoms with E-state index in [1.165, 1.54) is 0 Å². The number of piperidine rings is 1. The number of rotatable bonds is 3. The molecule has 4 heterocycles. The SMILES string of the molecule is Cc1ccnc(N(C)C2CCCN(c3nccn4ccnc34)C2)n1. The van der Waals surface area contributed by atoms with E-state index in [4.69, 9.17) is 0 Å². The lowest BCUT2D eigenvalue weighted by Crippen LogP contribution is -2.47. The molecule has 1 aliphatic heterocycles. The average molecular weight is 323 g/mol. The summed E-state index contributed by atoms with van der Waals surface area (Å²) in [5.74, 6) is 1.74. The number of fused-ring (bicyclic) bond motifs is 1. The largest absolute Gasteiger partial charge is 0.351 e. The van der Waals surface area contributed by atoms with Crippen molar-refractivity contribution in [3.8, 4) is 0 Å². The van der Waals surface area contributed by atoms with Crippen LogP contribution in [0.25, 0.3) is 5.65 Å². The zero-order valence-electron chi connectivity index (χ0n) is 14.0. The van der Waals surface area contributed by atoms with Gasteiger partial charge in [0.15, 0.2) is 11.5 Å². The third-order valence-corrected chi connectivity index (χ3v) is 4.63. The Bertz CT molecular complexity index is 844. The van der Waals surface area contributed by atoms with Gasteiger partial charge in [-0.3, -0.25) is 0 Å². The molecule has 0 bridgehead atoms. The van der Waals surface area contributed by atoms with Gasteiger partial charge in [-0.15, -0.1) is 0 Å². The lowest BCUT2D eigenvalue weighted by atomic mass is 10.0. The molecule has 24 heavy (non-hydrogen) atoms. The number of aryl methyl sites for hydroxylation is 1. The first kappa shape index (κ1) is 14.9. The smallest absolute Gasteiger partial charge is 0.225 e. The van der Waals surface area contributed by atoms with E-state index in [1.54, 1.807) is 0 Å². The second kappa shape index (κ2) is 6.07. The summed E-state index contributed by atoms with van der Waals surface area (Å²) in [5, 5.41) is 0. The first-order valence-corrected chi connectivity index (χ1v) is 8.27. The van der Waals surface area contributed by atoms with E-state index < -0.39 is 0 Å². The van der Waals surface area contributed by atoms with Crippen LogP contribution < -0.4 is 9.80 Å². The number of nitrogens with zero attached hydrogens (tertiary/aromatic N) is 7. The van der Waals surface area contributed by atoms with Crippen LogP contribution in [0.4, 0.5) is 11.8 Å². The maximum Gasteiger partial charge on any atom is 0.225 e. The normalized spacial score (nSPS) is 18.1. The van der Waals surface area contributed by atoms with E-state index >= 15 is 0 Å². The van der Waals surface area contributed by atoms with E-state index in [1.807, 2.05) is 48.4 Å². The molecular formula is C17H21N7. The van der Waals surface area contributed by atoms with Crippen LogP contribution in [0.1, 0.15) is 18.5 Å². The van der Waals surface area contributed by atoms with Crippen LogP contribution in [-0.4, -0.2) is 50.5 Å². The molecule has 1 saturated heterocycles. The number of anilines is 2. The Balaban J connectivity index is 1.58. The summed E-state index contributed by atoms with van der Waals surface area (Å²) in [6, 6.07) is 2.28. The monoisotopic (exact) mass is 323 g/mol. The van der Waals surface area contributed by atoms with E-state index in [0.717, 1.165) is 49.0 Å². The lowest BCUT2D eigenvalue weighted by Gasteiger charge is -2.38. The Morgan fingerprint density at radius 3 is 2.79 bits per heavy atom. The highest BCUT2D eigenvalue weighted by molar-refractivity contribution is 5.64. The molecule has 0 N–H and O–H groups in total. The van der Waals surface area contributed by atoms with Crippen molar-refractivity contribution in [1.29, 1.82) is 0 Å². The van der Waals surface area contributed by atoms with Gasteiger partial charge in [-0.2, -0.15) is 0 Å². The van der Waals surface area contributed by atoms with Crippen LogP contribution in [0, 0.1) is 6.92 Å². The van der Waals surface area contributed by atoms with Gasteiger partial charge in [-0.1, -0.05) is 0 Å². The Morgan fingerprint density at radius 1 is 1.12 bits per heavy atom. The maximum atomic E-state index is 4.58. The van der Waals surface area contributed by atoms with Crippen LogP contribution >= 0.6 is 0 Å². The summed E-state index contributed by atoms with van der Waals surface area (Å²) in [4.78, 5) is 22.5. The van der Waals surface area contributed by atoms with E-state index in [-0.39, 0.29) is 0 Å². The van der Waals surface area contributed by atoms with Gasteiger partial charge in [0.25, 0.3) is 0 Å². The fraction of sp³-hybridized carbons (Fsp3) is 0.412. The van der Waals surface area contributed by atoms with E-state index in [2.05, 4.69) is 36.8 Å². The Labute approximate surface area is 141 Å². The summed E-state index contributed by atoms with van der Waals surface area (Å²) >= 11 is 0. The predicted octanol–water partition coefficient (Wildman–Crippen LogP) is 1.93. The summed E-state index contributed by atoms with van der Waals surface area (Å²) in [7, 11) is 2.08. The quantitative estimate of drug-likeness (QED) is 0.734. The summed E-state index contributed by atoms with van der Waals surface area (Å²) in [6.45, 7) is 3.89. The van der Waals surface area contributed by atoms with Gasteiger partial charge in [0, 0.05) is 62.9 Å². The summed E-state index contributed by atoms with van der Waals surface area (Å²) in [5.41, 5.74) is 1.90. The second-order valence-electron chi connectivity index (χ2n) is 6.26. The molecule has 1 unspecified atom stereocenters. The Hall–Kier alpha value is -2.70. The highest BCUT2D eigenvalue weighted by Crippen LogP contribution is 2.24. The molecule has 124 valence electrons. The molecule has 0 aliphatic carbocycles. The molecule has 7 heteroatoms. The minimum absolute atomic E-state index is 0.359. The van der Waals surface area contributed by atoms with Crippen molar-refractivity contribution in [3.05, 3.63) is 42.7 Å². The molecule has 0 saturated carbocycles. The molecule has 0 spiro atoms. The summed E-state index contributed by atoms with van der Waals surface area (Å²) < 4.78 is 2.01. The molecule has 1 atom stereocenters. The van der Waals surface area contributed by atoms with Gasteiger partial charge in [0.2, 0.25) is 5.95 Å². The minimum Gasteiger partial charge on any atom is -0.351 e. The third-order valence-electron chi connectivity index (χ3n) is 4.63. The van der Waals surface area contributed by atoms with Crippen LogP contribution in [0.5, 0.6) is 0 Å². The van der Waals surface area contributed by atoms with Gasteiger partial charge >= 0.3 is 0 Å². The van der Waals surface area contributed by atoms with Gasteiger partial charge in [-0.25, -0.2) is 19.9 Å². The first-order valence-electron chi connectivity index (χ1n) is 8.27. The van der Waals surface area contributed by atoms with Crippen LogP contribution in [-0.2, 0) is 0 Å². The standard InChI is InChI=1S/C17H21N7/c1-13-5-6-20-17(21-13)22(2)14-4-3-9-24(12-14)16-15-18-7-10-23(15)11-8-19-16/h5-8,10-11,14H,3-4,9,12H2,1-2H3. The van der Waals surface area contributed by atoms with E-state index in [9.17, 15) is 0 Å². The lowest BCUT2D eigenvalue weighted by molar-refractivity contribution is 0.481. The Kier molecular flexibility index (Phi) is 3.76. The number of hydrogen-bond donors (Lipinski definition) is 0. The van der Waals surface area contributed by atoms with Crippen molar-refractivity contribution < 1.29 is 0 Å². The first-order chi connectivity index (χ1) is 11.7. The van der Waals surface area contributed by atoms with Gasteiger partial charge in [-0.05, 0) is 25.8 Å². The maximum absolute atomic E-state index is 4.58. The number of likely N-dealkylation sites (N-methyl/N-ethyl adjacent to an activating group) is 1.